The molecule has 112 valence electrons. The van der Waals surface area contributed by atoms with E-state index < -0.39 is 13.0 Å². The van der Waals surface area contributed by atoms with Crippen LogP contribution in [-0.2, 0) is 6.54 Å². The average molecular weight is 298 g/mol. The molecule has 0 aromatic carbocycles. The van der Waals surface area contributed by atoms with Crippen molar-refractivity contribution >= 4 is 24.2 Å². The molecule has 0 aliphatic heterocycles. The van der Waals surface area contributed by atoms with Gasteiger partial charge in [0.1, 0.15) is 11.2 Å². The molecule has 7 nitrogen and oxygen atoms in total. The van der Waals surface area contributed by atoms with Crippen molar-refractivity contribution in [3.05, 3.63) is 48.0 Å². The Balaban J connectivity index is 1.81. The van der Waals surface area contributed by atoms with Crippen molar-refractivity contribution < 1.29 is 14.8 Å². The van der Waals surface area contributed by atoms with Crippen molar-refractivity contribution in [2.75, 3.05) is 0 Å². The maximum absolute atomic E-state index is 11.1. The van der Waals surface area contributed by atoms with Crippen molar-refractivity contribution in [3.63, 3.8) is 0 Å². The summed E-state index contributed by atoms with van der Waals surface area (Å²) in [5, 5.41) is 18.3. The van der Waals surface area contributed by atoms with E-state index >= 15 is 0 Å². The lowest BCUT2D eigenvalue weighted by atomic mass is 9.69. The third-order valence-electron chi connectivity index (χ3n) is 3.66. The summed E-state index contributed by atoms with van der Waals surface area (Å²) < 4.78 is 1.92. The van der Waals surface area contributed by atoms with Crippen LogP contribution in [0.4, 0.5) is 0 Å². The van der Waals surface area contributed by atoms with Gasteiger partial charge < -0.3 is 20.3 Å². The van der Waals surface area contributed by atoms with E-state index in [1.807, 2.05) is 22.9 Å². The van der Waals surface area contributed by atoms with Crippen LogP contribution in [0.25, 0.3) is 11.2 Å². The quantitative estimate of drug-likeness (QED) is 0.700. The largest absolute Gasteiger partial charge is 0.459 e. The lowest BCUT2D eigenvalue weighted by Crippen LogP contribution is -2.19. The molecule has 4 N–H and O–H groups in total. The van der Waals surface area contributed by atoms with E-state index in [9.17, 15) is 4.79 Å². The van der Waals surface area contributed by atoms with E-state index in [2.05, 4.69) is 9.97 Å². The first-order chi connectivity index (χ1) is 10.5. The smallest absolute Gasteiger partial charge is 0.427 e. The first-order valence-electron chi connectivity index (χ1n) is 6.89. The van der Waals surface area contributed by atoms with Crippen LogP contribution in [0.15, 0.2) is 42.3 Å². The molecule has 8 heteroatoms. The standard InChI is InChI=1S/C14H15BN4O3/c16-13(20)12-7-17-14-11(18-12)5-6-19(14)8-9-1-3-10(4-2-9)15(21)22/h1-3,5-7,10,21-22H,4,8H2,(H2,16,20). The van der Waals surface area contributed by atoms with Gasteiger partial charge in [0, 0.05) is 18.6 Å². The van der Waals surface area contributed by atoms with Gasteiger partial charge in [-0.05, 0) is 18.1 Å². The first-order valence-corrected chi connectivity index (χ1v) is 6.89. The predicted octanol–water partition coefficient (Wildman–Crippen LogP) is 0.259. The maximum atomic E-state index is 11.1. The number of hydrogen-bond donors (Lipinski definition) is 3. The Labute approximate surface area is 126 Å². The number of nitrogens with two attached hydrogens (primary N) is 1. The molecule has 2 aromatic rings. The predicted molar refractivity (Wildman–Crippen MR) is 81.8 cm³/mol. The number of aromatic nitrogens is 3. The SMILES string of the molecule is NC(=O)c1cnc2c(ccn2CC2=CCC(B(O)O)C=C2)n1. The number of rotatable bonds is 4. The van der Waals surface area contributed by atoms with Gasteiger partial charge in [0.05, 0.1) is 6.20 Å². The van der Waals surface area contributed by atoms with Gasteiger partial charge in [0.25, 0.3) is 5.91 Å². The highest BCUT2D eigenvalue weighted by Gasteiger charge is 2.21. The molecule has 0 radical (unpaired) electrons. The molecule has 0 fully saturated rings. The van der Waals surface area contributed by atoms with E-state index in [0.717, 1.165) is 5.57 Å². The van der Waals surface area contributed by atoms with E-state index in [-0.39, 0.29) is 11.5 Å². The molecule has 0 spiro atoms. The molecule has 1 atom stereocenters. The van der Waals surface area contributed by atoms with Crippen molar-refractivity contribution in [1.29, 1.82) is 0 Å². The monoisotopic (exact) mass is 298 g/mol. The van der Waals surface area contributed by atoms with Gasteiger partial charge in [0.2, 0.25) is 0 Å². The fraction of sp³-hybridized carbons (Fsp3) is 0.214. The molecule has 2 heterocycles. The summed E-state index contributed by atoms with van der Waals surface area (Å²) in [5.74, 6) is -0.864. The summed E-state index contributed by atoms with van der Waals surface area (Å²) in [6, 6.07) is 1.78. The van der Waals surface area contributed by atoms with Gasteiger partial charge in [-0.25, -0.2) is 9.97 Å². The molecule has 1 aliphatic carbocycles. The minimum absolute atomic E-state index is 0.141. The molecule has 0 saturated carbocycles. The van der Waals surface area contributed by atoms with E-state index in [1.165, 1.54) is 6.20 Å². The molecular formula is C14H15BN4O3. The van der Waals surface area contributed by atoms with Crippen LogP contribution in [0, 0.1) is 0 Å². The molecule has 2 aromatic heterocycles. The number of hydrogen-bond acceptors (Lipinski definition) is 5. The van der Waals surface area contributed by atoms with Crippen LogP contribution >= 0.6 is 0 Å². The van der Waals surface area contributed by atoms with Gasteiger partial charge >= 0.3 is 7.12 Å². The number of carbonyl (C=O) groups excluding carboxylic acids is 1. The van der Waals surface area contributed by atoms with Gasteiger partial charge in [-0.15, -0.1) is 0 Å². The van der Waals surface area contributed by atoms with Crippen LogP contribution in [0.5, 0.6) is 0 Å². The Hall–Kier alpha value is -2.45. The van der Waals surface area contributed by atoms with E-state index in [4.69, 9.17) is 15.8 Å². The zero-order valence-corrected chi connectivity index (χ0v) is 11.8. The molecular weight excluding hydrogens is 283 g/mol. The Morgan fingerprint density at radius 2 is 2.32 bits per heavy atom. The van der Waals surface area contributed by atoms with E-state index in [1.54, 1.807) is 12.1 Å². The average Bonchev–Trinajstić information content (AvgIpc) is 2.90. The highest BCUT2D eigenvalue weighted by Crippen LogP contribution is 2.24. The van der Waals surface area contributed by atoms with Crippen LogP contribution < -0.4 is 5.73 Å². The Kier molecular flexibility index (Phi) is 3.78. The molecule has 1 amide bonds. The van der Waals surface area contributed by atoms with Crippen LogP contribution in [0.3, 0.4) is 0 Å². The minimum Gasteiger partial charge on any atom is -0.427 e. The fourth-order valence-electron chi connectivity index (χ4n) is 2.42. The second-order valence-electron chi connectivity index (χ2n) is 5.22. The Morgan fingerprint density at radius 1 is 1.50 bits per heavy atom. The number of carbonyl (C=O) groups is 1. The Bertz CT molecular complexity index is 781. The second-order valence-corrected chi connectivity index (χ2v) is 5.22. The zero-order chi connectivity index (χ0) is 15.7. The summed E-state index contributed by atoms with van der Waals surface area (Å²) in [7, 11) is -1.33. The van der Waals surface area contributed by atoms with Crippen LogP contribution in [-0.4, -0.2) is 37.6 Å². The zero-order valence-electron chi connectivity index (χ0n) is 11.8. The third kappa shape index (κ3) is 2.79. The highest BCUT2D eigenvalue weighted by atomic mass is 16.4. The summed E-state index contributed by atoms with van der Waals surface area (Å²) >= 11 is 0. The molecule has 3 rings (SSSR count). The molecule has 0 bridgehead atoms. The summed E-state index contributed by atoms with van der Waals surface area (Å²) in [6.07, 6.45) is 9.44. The van der Waals surface area contributed by atoms with Gasteiger partial charge in [-0.1, -0.05) is 18.2 Å². The normalized spacial score (nSPS) is 17.5. The summed E-state index contributed by atoms with van der Waals surface area (Å²) in [5.41, 5.74) is 7.66. The van der Waals surface area contributed by atoms with Crippen LogP contribution in [0.2, 0.25) is 5.82 Å². The van der Waals surface area contributed by atoms with Crippen molar-refractivity contribution in [1.82, 2.24) is 14.5 Å². The van der Waals surface area contributed by atoms with Gasteiger partial charge in [-0.3, -0.25) is 4.79 Å². The summed E-state index contributed by atoms with van der Waals surface area (Å²) in [6.45, 7) is 0.596. The number of allylic oxidation sites excluding steroid dienone is 4. The van der Waals surface area contributed by atoms with Crippen molar-refractivity contribution in [2.45, 2.75) is 18.8 Å². The number of nitrogens with zero attached hydrogens (tertiary/aromatic N) is 3. The molecule has 22 heavy (non-hydrogen) atoms. The number of primary amides is 1. The summed E-state index contributed by atoms with van der Waals surface area (Å²) in [4.78, 5) is 19.5. The Morgan fingerprint density at radius 3 is 2.95 bits per heavy atom. The van der Waals surface area contributed by atoms with Gasteiger partial charge in [0.15, 0.2) is 5.65 Å². The molecule has 1 unspecified atom stereocenters. The second kappa shape index (κ2) is 5.74. The van der Waals surface area contributed by atoms with Crippen LogP contribution in [0.1, 0.15) is 16.9 Å². The first kappa shape index (κ1) is 14.5. The topological polar surface area (TPSA) is 114 Å². The van der Waals surface area contributed by atoms with Gasteiger partial charge in [-0.2, -0.15) is 0 Å². The number of fused-ring (bicyclic) bond motifs is 1. The maximum Gasteiger partial charge on any atom is 0.459 e. The lowest BCUT2D eigenvalue weighted by Gasteiger charge is -2.15. The molecule has 1 aliphatic rings. The number of amides is 1. The fourth-order valence-corrected chi connectivity index (χ4v) is 2.42. The third-order valence-corrected chi connectivity index (χ3v) is 3.66. The minimum atomic E-state index is -1.33. The lowest BCUT2D eigenvalue weighted by molar-refractivity contribution is 0.0995. The highest BCUT2D eigenvalue weighted by molar-refractivity contribution is 6.44. The van der Waals surface area contributed by atoms with E-state index in [0.29, 0.717) is 24.1 Å². The molecule has 0 saturated heterocycles. The van der Waals surface area contributed by atoms with Crippen molar-refractivity contribution in [2.24, 2.45) is 5.73 Å². The van der Waals surface area contributed by atoms with Crippen molar-refractivity contribution in [3.8, 4) is 0 Å².